The second-order valence-electron chi connectivity index (χ2n) is 6.11. The minimum absolute atomic E-state index is 0.00618. The van der Waals surface area contributed by atoms with Gasteiger partial charge in [-0.15, -0.1) is 0 Å². The van der Waals surface area contributed by atoms with Crippen LogP contribution in [0.2, 0.25) is 0 Å². The Balaban J connectivity index is 2.21. The van der Waals surface area contributed by atoms with Crippen LogP contribution >= 0.6 is 0 Å². The van der Waals surface area contributed by atoms with Crippen molar-refractivity contribution in [1.82, 2.24) is 9.88 Å². The molecule has 0 saturated carbocycles. The molecule has 2 heterocycles. The number of morpholine rings is 1. The molecule has 0 unspecified atom stereocenters. The first kappa shape index (κ1) is 18.9. The summed E-state index contributed by atoms with van der Waals surface area (Å²) in [7, 11) is 1.84. The van der Waals surface area contributed by atoms with Crippen molar-refractivity contribution in [2.24, 2.45) is 0 Å². The molecule has 3 N–H and O–H groups in total. The maximum Gasteiger partial charge on any atom is 0.433 e. The maximum atomic E-state index is 12.9. The van der Waals surface area contributed by atoms with E-state index in [2.05, 4.69) is 10.3 Å². The minimum Gasteiger partial charge on any atom is -0.394 e. The molecule has 0 aliphatic carbocycles. The molecule has 2 rings (SSSR count). The van der Waals surface area contributed by atoms with Crippen LogP contribution in [0.15, 0.2) is 12.1 Å². The molecule has 0 amide bonds. The van der Waals surface area contributed by atoms with Crippen LogP contribution in [0.1, 0.15) is 18.2 Å². The van der Waals surface area contributed by atoms with Crippen LogP contribution in [0.4, 0.5) is 19.0 Å². The number of alkyl halides is 3. The highest BCUT2D eigenvalue weighted by atomic mass is 19.4. The van der Waals surface area contributed by atoms with Crippen LogP contribution in [0.3, 0.4) is 0 Å². The molecule has 1 saturated heterocycles. The number of aromatic nitrogens is 1. The summed E-state index contributed by atoms with van der Waals surface area (Å²) in [6, 6.07) is 2.23. The highest BCUT2D eigenvalue weighted by molar-refractivity contribution is 5.41. The average molecular weight is 349 g/mol. The van der Waals surface area contributed by atoms with Crippen LogP contribution in [0.5, 0.6) is 0 Å². The summed E-state index contributed by atoms with van der Waals surface area (Å²) in [5.74, 6) is -0.00618. The Morgan fingerprint density at radius 1 is 1.42 bits per heavy atom. The molecule has 9 heteroatoms. The zero-order valence-electron chi connectivity index (χ0n) is 13.6. The molecular weight excluding hydrogens is 327 g/mol. The van der Waals surface area contributed by atoms with Gasteiger partial charge in [0.2, 0.25) is 0 Å². The van der Waals surface area contributed by atoms with Gasteiger partial charge in [0.1, 0.15) is 11.5 Å². The van der Waals surface area contributed by atoms with Crippen LogP contribution < -0.4 is 5.32 Å². The Morgan fingerprint density at radius 2 is 2.12 bits per heavy atom. The molecular formula is C15H22F3N3O3. The van der Waals surface area contributed by atoms with Crippen LogP contribution in [-0.4, -0.2) is 65.1 Å². The third-order valence-corrected chi connectivity index (χ3v) is 4.39. The number of rotatable bonds is 5. The number of hydrogen-bond acceptors (Lipinski definition) is 6. The molecule has 0 bridgehead atoms. The molecule has 0 radical (unpaired) electrons. The first-order valence-corrected chi connectivity index (χ1v) is 7.56. The van der Waals surface area contributed by atoms with Gasteiger partial charge in [0.05, 0.1) is 32.0 Å². The molecule has 1 aliphatic heterocycles. The number of nitrogens with zero attached hydrogens (tertiary/aromatic N) is 2. The van der Waals surface area contributed by atoms with E-state index >= 15 is 0 Å². The Morgan fingerprint density at radius 3 is 2.71 bits per heavy atom. The van der Waals surface area contributed by atoms with E-state index in [1.807, 2.05) is 18.9 Å². The summed E-state index contributed by atoms with van der Waals surface area (Å²) >= 11 is 0. The summed E-state index contributed by atoms with van der Waals surface area (Å²) < 4.78 is 44.2. The lowest BCUT2D eigenvalue weighted by Crippen LogP contribution is -2.64. The van der Waals surface area contributed by atoms with Crippen molar-refractivity contribution in [3.8, 4) is 0 Å². The Bertz CT molecular complexity index is 571. The van der Waals surface area contributed by atoms with Gasteiger partial charge in [-0.1, -0.05) is 0 Å². The lowest BCUT2D eigenvalue weighted by Gasteiger charge is -2.47. The molecule has 1 aromatic heterocycles. The minimum atomic E-state index is -4.60. The molecule has 136 valence electrons. The van der Waals surface area contributed by atoms with Crippen molar-refractivity contribution in [3.63, 3.8) is 0 Å². The summed E-state index contributed by atoms with van der Waals surface area (Å²) in [4.78, 5) is 5.51. The topological polar surface area (TPSA) is 77.8 Å². The number of likely N-dealkylation sites (N-methyl/N-ethyl adjacent to an activating group) is 1. The van der Waals surface area contributed by atoms with Crippen molar-refractivity contribution < 1.29 is 28.1 Å². The predicted molar refractivity (Wildman–Crippen MR) is 81.5 cm³/mol. The van der Waals surface area contributed by atoms with Gasteiger partial charge in [0, 0.05) is 12.6 Å². The first-order valence-electron chi connectivity index (χ1n) is 7.56. The van der Waals surface area contributed by atoms with Crippen LogP contribution in [-0.2, 0) is 17.5 Å². The zero-order chi connectivity index (χ0) is 18.0. The fraction of sp³-hybridized carbons (Fsp3) is 0.667. The molecule has 6 nitrogen and oxygen atoms in total. The van der Waals surface area contributed by atoms with Crippen molar-refractivity contribution in [1.29, 1.82) is 0 Å². The Kier molecular flexibility index (Phi) is 5.69. The van der Waals surface area contributed by atoms with Gasteiger partial charge in [-0.05, 0) is 31.7 Å². The first-order chi connectivity index (χ1) is 11.2. The largest absolute Gasteiger partial charge is 0.433 e. The van der Waals surface area contributed by atoms with Crippen LogP contribution in [0, 0.1) is 0 Å². The van der Waals surface area contributed by atoms with E-state index in [0.29, 0.717) is 6.61 Å². The van der Waals surface area contributed by atoms with E-state index < -0.39 is 24.0 Å². The second-order valence-corrected chi connectivity index (χ2v) is 6.11. The lowest BCUT2D eigenvalue weighted by molar-refractivity contribution is -0.141. The van der Waals surface area contributed by atoms with E-state index in [-0.39, 0.29) is 37.2 Å². The number of anilines is 1. The maximum absolute atomic E-state index is 12.9. The van der Waals surface area contributed by atoms with Crippen LogP contribution in [0.25, 0.3) is 0 Å². The van der Waals surface area contributed by atoms with E-state index in [1.54, 1.807) is 0 Å². The van der Waals surface area contributed by atoms with Crippen molar-refractivity contribution >= 4 is 5.82 Å². The number of ether oxygens (including phenoxy) is 1. The van der Waals surface area contributed by atoms with Crippen molar-refractivity contribution in [3.05, 3.63) is 23.4 Å². The standard InChI is InChI=1S/C15H22F3N3O3/c1-10-6-24-9-14(8-23,21(10)2)7-19-13-4-11(5-22)3-12(20-13)15(16,17)18/h3-4,10,22-23H,5-9H2,1-2H3,(H,19,20)/t10-,14+/m1/s1. The molecule has 1 aliphatic rings. The number of aliphatic hydroxyl groups excluding tert-OH is 2. The third-order valence-electron chi connectivity index (χ3n) is 4.39. The number of halogens is 3. The summed E-state index contributed by atoms with van der Waals surface area (Å²) in [5, 5.41) is 21.8. The number of pyridine rings is 1. The monoisotopic (exact) mass is 349 g/mol. The SMILES string of the molecule is C[C@@H]1COC[C@@](CO)(CNc2cc(CO)cc(C(F)(F)F)n2)N1C. The Hall–Kier alpha value is -1.42. The fourth-order valence-corrected chi connectivity index (χ4v) is 2.66. The van der Waals surface area contributed by atoms with E-state index in [1.165, 1.54) is 6.07 Å². The van der Waals surface area contributed by atoms with Gasteiger partial charge in [-0.3, -0.25) is 4.90 Å². The lowest BCUT2D eigenvalue weighted by atomic mass is 9.96. The number of nitrogens with one attached hydrogen (secondary N) is 1. The average Bonchev–Trinajstić information content (AvgIpc) is 2.55. The van der Waals surface area contributed by atoms with Crippen molar-refractivity contribution in [2.45, 2.75) is 31.3 Å². The van der Waals surface area contributed by atoms with Gasteiger partial charge in [0.15, 0.2) is 0 Å². The quantitative estimate of drug-likeness (QED) is 0.739. The zero-order valence-corrected chi connectivity index (χ0v) is 13.6. The summed E-state index contributed by atoms with van der Waals surface area (Å²) in [6.07, 6.45) is -4.60. The van der Waals surface area contributed by atoms with E-state index in [4.69, 9.17) is 9.84 Å². The van der Waals surface area contributed by atoms with Gasteiger partial charge in [-0.2, -0.15) is 13.2 Å². The second kappa shape index (κ2) is 7.22. The smallest absolute Gasteiger partial charge is 0.394 e. The molecule has 1 aromatic rings. The van der Waals surface area contributed by atoms with Gasteiger partial charge >= 0.3 is 6.18 Å². The predicted octanol–water partition coefficient (Wildman–Crippen LogP) is 1.09. The highest BCUT2D eigenvalue weighted by Gasteiger charge is 2.40. The summed E-state index contributed by atoms with van der Waals surface area (Å²) in [5.41, 5.74) is -1.72. The number of hydrogen-bond donors (Lipinski definition) is 3. The number of aliphatic hydroxyl groups is 2. The fourth-order valence-electron chi connectivity index (χ4n) is 2.66. The highest BCUT2D eigenvalue weighted by Crippen LogP contribution is 2.30. The van der Waals surface area contributed by atoms with E-state index in [9.17, 15) is 18.3 Å². The molecule has 24 heavy (non-hydrogen) atoms. The van der Waals surface area contributed by atoms with Gasteiger partial charge in [-0.25, -0.2) is 4.98 Å². The Labute approximate surface area is 138 Å². The molecule has 0 aromatic carbocycles. The van der Waals surface area contributed by atoms with Gasteiger partial charge < -0.3 is 20.3 Å². The molecule has 2 atom stereocenters. The normalized spacial score (nSPS) is 25.7. The van der Waals surface area contributed by atoms with E-state index in [0.717, 1.165) is 6.07 Å². The van der Waals surface area contributed by atoms with Gasteiger partial charge in [0.25, 0.3) is 0 Å². The molecule has 0 spiro atoms. The third kappa shape index (κ3) is 3.97. The molecule has 1 fully saturated rings. The summed E-state index contributed by atoms with van der Waals surface area (Å²) in [6.45, 7) is 2.13. The van der Waals surface area contributed by atoms with Crippen molar-refractivity contribution in [2.75, 3.05) is 38.7 Å².